The number of imidazole rings is 1. The third-order valence-electron chi connectivity index (χ3n) is 2.89. The van der Waals surface area contributed by atoms with Gasteiger partial charge in [-0.15, -0.1) is 0 Å². The van der Waals surface area contributed by atoms with E-state index in [0.717, 1.165) is 0 Å². The lowest BCUT2D eigenvalue weighted by Crippen LogP contribution is -2.36. The van der Waals surface area contributed by atoms with Crippen LogP contribution in [0, 0.1) is 0 Å². The van der Waals surface area contributed by atoms with E-state index in [4.69, 9.17) is 16.6 Å². The van der Waals surface area contributed by atoms with Crippen LogP contribution in [0.2, 0.25) is 0 Å². The summed E-state index contributed by atoms with van der Waals surface area (Å²) >= 11 is 0. The van der Waals surface area contributed by atoms with Crippen molar-refractivity contribution in [3.05, 3.63) is 12.7 Å². The van der Waals surface area contributed by atoms with Crippen LogP contribution in [0.25, 0.3) is 11.2 Å². The maximum Gasteiger partial charge on any atom is 0.317 e. The summed E-state index contributed by atoms with van der Waals surface area (Å²) in [6.07, 6.45) is 3.00. The molecule has 0 saturated heterocycles. The van der Waals surface area contributed by atoms with Gasteiger partial charge in [0.05, 0.1) is 12.9 Å². The summed E-state index contributed by atoms with van der Waals surface area (Å²) in [4.78, 5) is 24.7. The van der Waals surface area contributed by atoms with Crippen molar-refractivity contribution in [1.82, 2.24) is 24.4 Å². The number of anilines is 1. The third-order valence-corrected chi connectivity index (χ3v) is 2.89. The largest absolute Gasteiger partial charge is 0.480 e. The molecule has 0 aliphatic carbocycles. The quantitative estimate of drug-likeness (QED) is 0.572. The molecular formula is C11H17N7O2. The van der Waals surface area contributed by atoms with Crippen molar-refractivity contribution >= 4 is 23.0 Å². The Labute approximate surface area is 115 Å². The van der Waals surface area contributed by atoms with Crippen LogP contribution in [0.4, 0.5) is 5.82 Å². The zero-order valence-electron chi connectivity index (χ0n) is 10.9. The molecular weight excluding hydrogens is 262 g/mol. The first-order valence-electron chi connectivity index (χ1n) is 6.17. The smallest absolute Gasteiger partial charge is 0.317 e. The van der Waals surface area contributed by atoms with Crippen LogP contribution in [0.15, 0.2) is 12.7 Å². The van der Waals surface area contributed by atoms with Gasteiger partial charge in [0.25, 0.3) is 0 Å². The topological polar surface area (TPSA) is 136 Å². The van der Waals surface area contributed by atoms with E-state index in [1.54, 1.807) is 11.2 Å². The van der Waals surface area contributed by atoms with E-state index < -0.39 is 5.97 Å². The number of rotatable bonds is 7. The Hall–Kier alpha value is -2.26. The molecule has 0 saturated carbocycles. The van der Waals surface area contributed by atoms with Gasteiger partial charge >= 0.3 is 5.97 Å². The van der Waals surface area contributed by atoms with Crippen molar-refractivity contribution in [2.75, 3.05) is 31.9 Å². The first-order valence-corrected chi connectivity index (χ1v) is 6.17. The first-order chi connectivity index (χ1) is 9.61. The van der Waals surface area contributed by atoms with Crippen molar-refractivity contribution < 1.29 is 9.90 Å². The summed E-state index contributed by atoms with van der Waals surface area (Å²) in [5.74, 6) is -0.543. The van der Waals surface area contributed by atoms with Gasteiger partial charge in [0.15, 0.2) is 11.5 Å². The van der Waals surface area contributed by atoms with Gasteiger partial charge in [0, 0.05) is 26.2 Å². The Morgan fingerprint density at radius 1 is 1.35 bits per heavy atom. The van der Waals surface area contributed by atoms with Gasteiger partial charge in [0.2, 0.25) is 0 Å². The molecule has 2 aromatic heterocycles. The van der Waals surface area contributed by atoms with Crippen molar-refractivity contribution in [2.45, 2.75) is 6.54 Å². The maximum atomic E-state index is 10.8. The van der Waals surface area contributed by atoms with E-state index in [2.05, 4.69) is 15.0 Å². The SMILES string of the molecule is NCCN(CCn1cnc2c(N)ncnc21)CC(=O)O. The second-order valence-electron chi connectivity index (χ2n) is 4.33. The molecule has 20 heavy (non-hydrogen) atoms. The number of fused-ring (bicyclic) bond motifs is 1. The van der Waals surface area contributed by atoms with E-state index in [0.29, 0.717) is 43.2 Å². The molecule has 0 unspecified atom stereocenters. The Morgan fingerprint density at radius 2 is 2.15 bits per heavy atom. The van der Waals surface area contributed by atoms with Gasteiger partial charge in [-0.3, -0.25) is 9.69 Å². The van der Waals surface area contributed by atoms with Crippen LogP contribution in [0.5, 0.6) is 0 Å². The minimum atomic E-state index is -0.875. The van der Waals surface area contributed by atoms with Crippen LogP contribution >= 0.6 is 0 Å². The lowest BCUT2D eigenvalue weighted by atomic mass is 10.4. The van der Waals surface area contributed by atoms with Crippen LogP contribution < -0.4 is 11.5 Å². The van der Waals surface area contributed by atoms with E-state index in [1.807, 2.05) is 4.57 Å². The van der Waals surface area contributed by atoms with Crippen LogP contribution in [-0.2, 0) is 11.3 Å². The highest BCUT2D eigenvalue weighted by Gasteiger charge is 2.11. The highest BCUT2D eigenvalue weighted by Crippen LogP contribution is 2.13. The number of carbonyl (C=O) groups is 1. The zero-order chi connectivity index (χ0) is 14.5. The van der Waals surface area contributed by atoms with Crippen molar-refractivity contribution in [3.63, 3.8) is 0 Å². The van der Waals surface area contributed by atoms with E-state index in [1.165, 1.54) is 6.33 Å². The highest BCUT2D eigenvalue weighted by molar-refractivity contribution is 5.81. The fourth-order valence-electron chi connectivity index (χ4n) is 1.96. The summed E-state index contributed by atoms with van der Waals surface area (Å²) in [5.41, 5.74) is 12.4. The Bertz CT molecular complexity index is 597. The molecule has 2 aromatic rings. The predicted octanol–water partition coefficient (Wildman–Crippen LogP) is -1.25. The lowest BCUT2D eigenvalue weighted by molar-refractivity contribution is -0.138. The monoisotopic (exact) mass is 279 g/mol. The fourth-order valence-corrected chi connectivity index (χ4v) is 1.96. The van der Waals surface area contributed by atoms with Crippen LogP contribution in [-0.4, -0.2) is 61.7 Å². The molecule has 0 aliphatic heterocycles. The standard InChI is InChI=1S/C11H17N7O2/c12-1-2-17(5-8(19)20)3-4-18-7-16-9-10(13)14-6-15-11(9)18/h6-7H,1-5,12H2,(H,19,20)(H2,13,14,15). The fraction of sp³-hybridized carbons (Fsp3) is 0.455. The number of carboxylic acid groups (broad SMARTS) is 1. The average Bonchev–Trinajstić information content (AvgIpc) is 2.80. The third kappa shape index (κ3) is 3.19. The molecule has 108 valence electrons. The van der Waals surface area contributed by atoms with Gasteiger partial charge in [0.1, 0.15) is 11.8 Å². The van der Waals surface area contributed by atoms with Crippen molar-refractivity contribution in [3.8, 4) is 0 Å². The summed E-state index contributed by atoms with van der Waals surface area (Å²) < 4.78 is 1.82. The second-order valence-corrected chi connectivity index (χ2v) is 4.33. The predicted molar refractivity (Wildman–Crippen MR) is 72.9 cm³/mol. The highest BCUT2D eigenvalue weighted by atomic mass is 16.4. The Balaban J connectivity index is 2.07. The van der Waals surface area contributed by atoms with Crippen LogP contribution in [0.3, 0.4) is 0 Å². The molecule has 0 aliphatic rings. The van der Waals surface area contributed by atoms with Gasteiger partial charge in [-0.1, -0.05) is 0 Å². The van der Waals surface area contributed by atoms with Gasteiger partial charge in [-0.2, -0.15) is 0 Å². The summed E-state index contributed by atoms with van der Waals surface area (Å²) in [5, 5.41) is 8.84. The number of aromatic nitrogens is 4. The second kappa shape index (κ2) is 6.26. The number of carboxylic acids is 1. The summed E-state index contributed by atoms with van der Waals surface area (Å²) in [6, 6.07) is 0. The molecule has 0 radical (unpaired) electrons. The molecule has 0 fully saturated rings. The molecule has 9 heteroatoms. The maximum absolute atomic E-state index is 10.8. The molecule has 5 N–H and O–H groups in total. The zero-order valence-corrected chi connectivity index (χ0v) is 10.9. The normalized spacial score (nSPS) is 11.3. The summed E-state index contributed by atoms with van der Waals surface area (Å²) in [6.45, 7) is 1.99. The van der Waals surface area contributed by atoms with Gasteiger partial charge in [-0.25, -0.2) is 15.0 Å². The van der Waals surface area contributed by atoms with Crippen molar-refractivity contribution in [2.24, 2.45) is 5.73 Å². The number of aliphatic carboxylic acids is 1. The lowest BCUT2D eigenvalue weighted by Gasteiger charge is -2.19. The molecule has 9 nitrogen and oxygen atoms in total. The van der Waals surface area contributed by atoms with Gasteiger partial charge < -0.3 is 21.1 Å². The van der Waals surface area contributed by atoms with E-state index >= 15 is 0 Å². The molecule has 0 bridgehead atoms. The molecule has 0 spiro atoms. The molecule has 0 atom stereocenters. The van der Waals surface area contributed by atoms with Crippen molar-refractivity contribution in [1.29, 1.82) is 0 Å². The Morgan fingerprint density at radius 3 is 2.85 bits per heavy atom. The molecule has 2 rings (SSSR count). The average molecular weight is 279 g/mol. The van der Waals surface area contributed by atoms with E-state index in [9.17, 15) is 4.79 Å². The minimum Gasteiger partial charge on any atom is -0.480 e. The Kier molecular flexibility index (Phi) is 4.43. The van der Waals surface area contributed by atoms with Crippen LogP contribution in [0.1, 0.15) is 0 Å². The first kappa shape index (κ1) is 14.2. The molecule has 0 amide bonds. The number of nitrogens with two attached hydrogens (primary N) is 2. The van der Waals surface area contributed by atoms with Gasteiger partial charge in [-0.05, 0) is 0 Å². The molecule has 2 heterocycles. The minimum absolute atomic E-state index is 0.0407. The number of nitrogen functional groups attached to an aromatic ring is 1. The summed E-state index contributed by atoms with van der Waals surface area (Å²) in [7, 11) is 0. The number of hydrogen-bond donors (Lipinski definition) is 3. The number of hydrogen-bond acceptors (Lipinski definition) is 7. The molecule has 0 aromatic carbocycles. The van der Waals surface area contributed by atoms with E-state index in [-0.39, 0.29) is 6.54 Å². The number of nitrogens with zero attached hydrogens (tertiary/aromatic N) is 5.